The van der Waals surface area contributed by atoms with Gasteiger partial charge in [-0.25, -0.2) is 0 Å². The van der Waals surface area contributed by atoms with Gasteiger partial charge in [0.25, 0.3) is 0 Å². The molecule has 0 radical (unpaired) electrons. The molecule has 0 aliphatic heterocycles. The van der Waals surface area contributed by atoms with Gasteiger partial charge in [-0.05, 0) is 50.4 Å². The van der Waals surface area contributed by atoms with Crippen molar-refractivity contribution < 1.29 is 0 Å². The van der Waals surface area contributed by atoms with Crippen molar-refractivity contribution in [3.8, 4) is 0 Å². The summed E-state index contributed by atoms with van der Waals surface area (Å²) in [6.45, 7) is 9.45. The molecule has 0 saturated carbocycles. The number of likely N-dealkylation sites (N-methyl/N-ethyl adjacent to an activating group) is 1. The lowest BCUT2D eigenvalue weighted by atomic mass is 9.98. The van der Waals surface area contributed by atoms with E-state index in [9.17, 15) is 0 Å². The van der Waals surface area contributed by atoms with Gasteiger partial charge in [0.15, 0.2) is 0 Å². The highest BCUT2D eigenvalue weighted by atomic mass is 14.9. The van der Waals surface area contributed by atoms with E-state index in [2.05, 4.69) is 68.3 Å². The Balaban J connectivity index is 2.24. The van der Waals surface area contributed by atoms with Crippen molar-refractivity contribution in [3.05, 3.63) is 64.5 Å². The molecule has 0 fully saturated rings. The van der Waals surface area contributed by atoms with Gasteiger partial charge in [0.1, 0.15) is 0 Å². The lowest BCUT2D eigenvalue weighted by Gasteiger charge is -2.20. The molecule has 1 aromatic heterocycles. The van der Waals surface area contributed by atoms with Gasteiger partial charge in [-0.3, -0.25) is 4.98 Å². The summed E-state index contributed by atoms with van der Waals surface area (Å²) in [5.74, 6) is 0. The third-order valence-electron chi connectivity index (χ3n) is 3.60. The number of aryl methyl sites for hydroxylation is 3. The zero-order chi connectivity index (χ0) is 14.5. The Morgan fingerprint density at radius 1 is 1.05 bits per heavy atom. The van der Waals surface area contributed by atoms with Crippen molar-refractivity contribution in [1.82, 2.24) is 10.3 Å². The highest BCUT2D eigenvalue weighted by Gasteiger charge is 2.15. The van der Waals surface area contributed by atoms with Gasteiger partial charge in [0, 0.05) is 6.20 Å². The van der Waals surface area contributed by atoms with Crippen LogP contribution >= 0.6 is 0 Å². The van der Waals surface area contributed by atoms with E-state index in [1.54, 1.807) is 0 Å². The molecule has 1 heterocycles. The molecule has 2 nitrogen and oxygen atoms in total. The molecule has 2 heteroatoms. The van der Waals surface area contributed by atoms with E-state index in [4.69, 9.17) is 0 Å². The number of pyridine rings is 1. The van der Waals surface area contributed by atoms with Crippen molar-refractivity contribution in [3.63, 3.8) is 0 Å². The molecule has 0 aliphatic rings. The number of benzene rings is 1. The van der Waals surface area contributed by atoms with Gasteiger partial charge in [-0.1, -0.05) is 42.8 Å². The van der Waals surface area contributed by atoms with Crippen LogP contribution in [0.25, 0.3) is 0 Å². The molecule has 1 atom stereocenters. The molecular formula is C18H24N2. The Labute approximate surface area is 122 Å². The molecule has 106 valence electrons. The molecule has 0 saturated heterocycles. The summed E-state index contributed by atoms with van der Waals surface area (Å²) in [6.07, 6.45) is 2.94. The SMILES string of the molecule is CCNC(Cc1ccc(C)cc1)c1ncc(C)cc1C. The van der Waals surface area contributed by atoms with Gasteiger partial charge in [-0.2, -0.15) is 0 Å². The fourth-order valence-corrected chi connectivity index (χ4v) is 2.56. The van der Waals surface area contributed by atoms with E-state index in [-0.39, 0.29) is 6.04 Å². The van der Waals surface area contributed by atoms with Crippen LogP contribution in [0.5, 0.6) is 0 Å². The van der Waals surface area contributed by atoms with Crippen molar-refractivity contribution in [1.29, 1.82) is 0 Å². The molecule has 0 aliphatic carbocycles. The predicted molar refractivity (Wildman–Crippen MR) is 85.0 cm³/mol. The fraction of sp³-hybridized carbons (Fsp3) is 0.389. The predicted octanol–water partition coefficient (Wildman–Crippen LogP) is 3.90. The first kappa shape index (κ1) is 14.7. The number of aromatic nitrogens is 1. The van der Waals surface area contributed by atoms with Crippen molar-refractivity contribution in [2.45, 2.75) is 40.2 Å². The topological polar surface area (TPSA) is 24.9 Å². The number of nitrogens with one attached hydrogen (secondary N) is 1. The normalized spacial score (nSPS) is 12.4. The molecule has 2 aromatic rings. The molecule has 2 rings (SSSR count). The second-order valence-corrected chi connectivity index (χ2v) is 5.51. The average molecular weight is 268 g/mol. The minimum atomic E-state index is 0.281. The molecule has 0 spiro atoms. The summed E-state index contributed by atoms with van der Waals surface area (Å²) < 4.78 is 0. The Kier molecular flexibility index (Phi) is 4.91. The summed E-state index contributed by atoms with van der Waals surface area (Å²) in [6, 6.07) is 11.3. The standard InChI is InChI=1S/C18H24N2/c1-5-19-17(11-16-8-6-13(2)7-9-16)18-15(4)10-14(3)12-20-18/h6-10,12,17,19H,5,11H2,1-4H3. The Hall–Kier alpha value is -1.67. The summed E-state index contributed by atoms with van der Waals surface area (Å²) in [5, 5.41) is 3.56. The zero-order valence-corrected chi connectivity index (χ0v) is 12.9. The van der Waals surface area contributed by atoms with Gasteiger partial charge in [0.05, 0.1) is 11.7 Å². The second-order valence-electron chi connectivity index (χ2n) is 5.51. The van der Waals surface area contributed by atoms with E-state index < -0.39 is 0 Å². The number of hydrogen-bond acceptors (Lipinski definition) is 2. The van der Waals surface area contributed by atoms with Crippen LogP contribution in [0.3, 0.4) is 0 Å². The Bertz CT molecular complexity index is 558. The summed E-state index contributed by atoms with van der Waals surface area (Å²) in [4.78, 5) is 4.65. The molecule has 0 bridgehead atoms. The molecule has 20 heavy (non-hydrogen) atoms. The largest absolute Gasteiger partial charge is 0.309 e. The van der Waals surface area contributed by atoms with Gasteiger partial charge in [0.2, 0.25) is 0 Å². The monoisotopic (exact) mass is 268 g/mol. The van der Waals surface area contributed by atoms with Crippen molar-refractivity contribution in [2.24, 2.45) is 0 Å². The van der Waals surface area contributed by atoms with E-state index in [1.165, 1.54) is 22.3 Å². The maximum atomic E-state index is 4.65. The summed E-state index contributed by atoms with van der Waals surface area (Å²) in [5.41, 5.74) is 6.31. The van der Waals surface area contributed by atoms with E-state index >= 15 is 0 Å². The highest BCUT2D eigenvalue weighted by molar-refractivity contribution is 5.28. The molecule has 0 amide bonds. The average Bonchev–Trinajstić information content (AvgIpc) is 2.41. The number of hydrogen-bond donors (Lipinski definition) is 1. The lowest BCUT2D eigenvalue weighted by Crippen LogP contribution is -2.24. The van der Waals surface area contributed by atoms with Crippen molar-refractivity contribution >= 4 is 0 Å². The first-order chi connectivity index (χ1) is 9.60. The van der Waals surface area contributed by atoms with E-state index in [1.807, 2.05) is 6.20 Å². The lowest BCUT2D eigenvalue weighted by molar-refractivity contribution is 0.533. The molecular weight excluding hydrogens is 244 g/mol. The molecule has 1 unspecified atom stereocenters. The minimum absolute atomic E-state index is 0.281. The molecule has 1 aromatic carbocycles. The summed E-state index contributed by atoms with van der Waals surface area (Å²) in [7, 11) is 0. The van der Waals surface area contributed by atoms with Crippen LogP contribution in [0.1, 0.15) is 40.9 Å². The maximum Gasteiger partial charge on any atom is 0.0605 e. The summed E-state index contributed by atoms with van der Waals surface area (Å²) >= 11 is 0. The first-order valence-electron chi connectivity index (χ1n) is 7.32. The van der Waals surface area contributed by atoms with Crippen molar-refractivity contribution in [2.75, 3.05) is 6.54 Å². The fourth-order valence-electron chi connectivity index (χ4n) is 2.56. The minimum Gasteiger partial charge on any atom is -0.309 e. The van der Waals surface area contributed by atoms with E-state index in [0.29, 0.717) is 0 Å². The van der Waals surface area contributed by atoms with Gasteiger partial charge < -0.3 is 5.32 Å². The first-order valence-corrected chi connectivity index (χ1v) is 7.32. The third-order valence-corrected chi connectivity index (χ3v) is 3.60. The smallest absolute Gasteiger partial charge is 0.0605 e. The molecule has 1 N–H and O–H groups in total. The highest BCUT2D eigenvalue weighted by Crippen LogP contribution is 2.20. The zero-order valence-electron chi connectivity index (χ0n) is 12.9. The quantitative estimate of drug-likeness (QED) is 0.889. The number of rotatable bonds is 5. The van der Waals surface area contributed by atoms with Crippen LogP contribution in [0, 0.1) is 20.8 Å². The second kappa shape index (κ2) is 6.67. The van der Waals surface area contributed by atoms with E-state index in [0.717, 1.165) is 18.7 Å². The number of nitrogens with zero attached hydrogens (tertiary/aromatic N) is 1. The Morgan fingerprint density at radius 2 is 1.75 bits per heavy atom. The van der Waals surface area contributed by atoms with Crippen LogP contribution in [0.4, 0.5) is 0 Å². The van der Waals surface area contributed by atoms with Crippen LogP contribution in [0.15, 0.2) is 36.5 Å². The Morgan fingerprint density at radius 3 is 2.35 bits per heavy atom. The maximum absolute atomic E-state index is 4.65. The van der Waals surface area contributed by atoms with Crippen LogP contribution in [-0.4, -0.2) is 11.5 Å². The van der Waals surface area contributed by atoms with Crippen LogP contribution < -0.4 is 5.32 Å². The van der Waals surface area contributed by atoms with Gasteiger partial charge in [-0.15, -0.1) is 0 Å². The van der Waals surface area contributed by atoms with Crippen LogP contribution in [-0.2, 0) is 6.42 Å². The van der Waals surface area contributed by atoms with Gasteiger partial charge >= 0.3 is 0 Å². The third kappa shape index (κ3) is 3.67. The van der Waals surface area contributed by atoms with Crippen LogP contribution in [0.2, 0.25) is 0 Å².